The number of allylic oxidation sites excluding steroid dienone is 1. The van der Waals surface area contributed by atoms with Gasteiger partial charge in [-0.1, -0.05) is 30.3 Å². The van der Waals surface area contributed by atoms with E-state index in [1.165, 1.54) is 6.21 Å². The highest BCUT2D eigenvalue weighted by Gasteiger charge is 2.43. The number of hydrogen-bond donors (Lipinski definition) is 2. The first-order valence-corrected chi connectivity index (χ1v) is 12.0. The van der Waals surface area contributed by atoms with Crippen LogP contribution in [0.2, 0.25) is 0 Å². The number of rotatable bonds is 8. The topological polar surface area (TPSA) is 103 Å². The third-order valence-electron chi connectivity index (χ3n) is 6.21. The third-order valence-corrected chi connectivity index (χ3v) is 6.21. The second kappa shape index (κ2) is 11.7. The van der Waals surface area contributed by atoms with Crippen molar-refractivity contribution in [2.75, 3.05) is 52.4 Å². The summed E-state index contributed by atoms with van der Waals surface area (Å²) in [5, 5.41) is 20.1. The molecule has 186 valence electrons. The predicted molar refractivity (Wildman–Crippen MR) is 131 cm³/mol. The summed E-state index contributed by atoms with van der Waals surface area (Å²) < 4.78 is 5.60. The molecule has 2 N–H and O–H groups in total. The van der Waals surface area contributed by atoms with Crippen molar-refractivity contribution in [2.45, 2.75) is 38.7 Å². The molecule has 1 aliphatic heterocycles. The number of nitrogens with zero attached hydrogens (tertiary/aromatic N) is 3. The van der Waals surface area contributed by atoms with E-state index in [9.17, 15) is 14.7 Å². The molecule has 8 heteroatoms. The van der Waals surface area contributed by atoms with Gasteiger partial charge >= 0.3 is 5.97 Å². The molecular formula is C26H37N3O5. The van der Waals surface area contributed by atoms with Crippen LogP contribution in [0.3, 0.4) is 0 Å². The molecule has 1 fully saturated rings. The number of aliphatic imine (C=N–C) groups is 1. The molecular weight excluding hydrogens is 434 g/mol. The highest BCUT2D eigenvalue weighted by molar-refractivity contribution is 6.15. The number of benzene rings is 1. The summed E-state index contributed by atoms with van der Waals surface area (Å²) in [5.41, 5.74) is 0.195. The summed E-state index contributed by atoms with van der Waals surface area (Å²) in [6, 6.07) is 9.31. The molecule has 0 aromatic heterocycles. The van der Waals surface area contributed by atoms with Gasteiger partial charge in [0.2, 0.25) is 0 Å². The molecule has 0 bridgehead atoms. The average molecular weight is 472 g/mol. The lowest BCUT2D eigenvalue weighted by Gasteiger charge is -2.34. The van der Waals surface area contributed by atoms with Gasteiger partial charge in [0.1, 0.15) is 17.3 Å². The molecule has 1 saturated heterocycles. The maximum atomic E-state index is 13.1. The van der Waals surface area contributed by atoms with Gasteiger partial charge in [0.15, 0.2) is 5.78 Å². The third kappa shape index (κ3) is 6.98. The van der Waals surface area contributed by atoms with Crippen LogP contribution < -0.4 is 0 Å². The van der Waals surface area contributed by atoms with E-state index < -0.39 is 23.4 Å². The van der Waals surface area contributed by atoms with E-state index in [4.69, 9.17) is 9.84 Å². The SMILES string of the molecule is CC(C)(C)OC(=O)C1C(O)=C(C=NCCN2CCN(CCO)CC2)C(=O)CC1c1ccccc1. The monoisotopic (exact) mass is 471 g/mol. The maximum Gasteiger partial charge on any atom is 0.317 e. The van der Waals surface area contributed by atoms with E-state index >= 15 is 0 Å². The molecule has 3 rings (SSSR count). The molecule has 1 aliphatic carbocycles. The van der Waals surface area contributed by atoms with Gasteiger partial charge in [-0.3, -0.25) is 24.4 Å². The minimum absolute atomic E-state index is 0.0933. The number of carbonyl (C=O) groups excluding carboxylic acids is 2. The van der Waals surface area contributed by atoms with Crippen LogP contribution in [0, 0.1) is 5.92 Å². The fourth-order valence-corrected chi connectivity index (χ4v) is 4.45. The van der Waals surface area contributed by atoms with E-state index in [1.54, 1.807) is 20.8 Å². The fraction of sp³-hybridized carbons (Fsp3) is 0.577. The number of ether oxygens (including phenoxy) is 1. The second-order valence-corrected chi connectivity index (χ2v) is 9.90. The van der Waals surface area contributed by atoms with Crippen molar-refractivity contribution < 1.29 is 24.5 Å². The second-order valence-electron chi connectivity index (χ2n) is 9.90. The van der Waals surface area contributed by atoms with Gasteiger partial charge in [-0.15, -0.1) is 0 Å². The van der Waals surface area contributed by atoms with Crippen molar-refractivity contribution in [3.05, 3.63) is 47.2 Å². The van der Waals surface area contributed by atoms with Gasteiger partial charge in [0.25, 0.3) is 0 Å². The molecule has 34 heavy (non-hydrogen) atoms. The van der Waals surface area contributed by atoms with Crippen molar-refractivity contribution in [2.24, 2.45) is 10.9 Å². The molecule has 0 saturated carbocycles. The zero-order valence-electron chi connectivity index (χ0n) is 20.4. The first-order valence-electron chi connectivity index (χ1n) is 12.0. The Labute approximate surface area is 201 Å². The van der Waals surface area contributed by atoms with Crippen LogP contribution in [0.25, 0.3) is 0 Å². The molecule has 0 amide bonds. The molecule has 1 aromatic carbocycles. The zero-order chi connectivity index (χ0) is 24.7. The lowest BCUT2D eigenvalue weighted by Crippen LogP contribution is -2.47. The number of hydrogen-bond acceptors (Lipinski definition) is 8. The van der Waals surface area contributed by atoms with Crippen LogP contribution in [-0.4, -0.2) is 96.0 Å². The molecule has 1 heterocycles. The van der Waals surface area contributed by atoms with E-state index in [-0.39, 0.29) is 30.1 Å². The minimum atomic E-state index is -0.958. The summed E-state index contributed by atoms with van der Waals surface area (Å²) in [6.45, 7) is 11.1. The van der Waals surface area contributed by atoms with Crippen LogP contribution in [-0.2, 0) is 14.3 Å². The Morgan fingerprint density at radius 3 is 2.32 bits per heavy atom. The van der Waals surface area contributed by atoms with Crippen LogP contribution in [0.4, 0.5) is 0 Å². The number of carbonyl (C=O) groups is 2. The summed E-state index contributed by atoms with van der Waals surface area (Å²) in [4.78, 5) is 34.9. The molecule has 0 spiro atoms. The molecule has 2 aliphatic rings. The van der Waals surface area contributed by atoms with Gasteiger partial charge in [-0.05, 0) is 26.3 Å². The van der Waals surface area contributed by atoms with E-state index in [1.807, 2.05) is 30.3 Å². The van der Waals surface area contributed by atoms with Gasteiger partial charge in [-0.25, -0.2) is 0 Å². The van der Waals surface area contributed by atoms with Crippen molar-refractivity contribution in [3.8, 4) is 0 Å². The zero-order valence-corrected chi connectivity index (χ0v) is 20.4. The van der Waals surface area contributed by atoms with E-state index in [0.29, 0.717) is 13.1 Å². The van der Waals surface area contributed by atoms with Crippen molar-refractivity contribution in [1.82, 2.24) is 9.80 Å². The Balaban J connectivity index is 1.72. The highest BCUT2D eigenvalue weighted by Crippen LogP contribution is 2.39. The molecule has 8 nitrogen and oxygen atoms in total. The number of aliphatic hydroxyl groups excluding tert-OH is 2. The van der Waals surface area contributed by atoms with Crippen molar-refractivity contribution in [1.29, 1.82) is 0 Å². The van der Waals surface area contributed by atoms with Crippen LogP contribution in [0.15, 0.2) is 46.7 Å². The van der Waals surface area contributed by atoms with Crippen molar-refractivity contribution in [3.63, 3.8) is 0 Å². The minimum Gasteiger partial charge on any atom is -0.511 e. The molecule has 2 atom stereocenters. The standard InChI is InChI=1S/C26H37N3O5/c1-26(2,3)34-25(33)23-20(19-7-5-4-6-8-19)17-22(31)21(24(23)32)18-27-9-10-28-11-13-29(14-12-28)15-16-30/h4-8,18,20,23,30,32H,9-17H2,1-3H3. The first kappa shape index (κ1) is 26.1. The maximum absolute atomic E-state index is 13.1. The average Bonchev–Trinajstić information content (AvgIpc) is 2.78. The van der Waals surface area contributed by atoms with E-state index in [2.05, 4.69) is 14.8 Å². The Morgan fingerprint density at radius 1 is 1.12 bits per heavy atom. The fourth-order valence-electron chi connectivity index (χ4n) is 4.45. The van der Waals surface area contributed by atoms with Crippen LogP contribution >= 0.6 is 0 Å². The number of β-amino-alcohol motifs (C(OH)–C–C–N with tert-alkyl or cyclic N) is 1. The Morgan fingerprint density at radius 2 is 1.74 bits per heavy atom. The Bertz CT molecular complexity index is 899. The van der Waals surface area contributed by atoms with Gasteiger partial charge < -0.3 is 14.9 Å². The normalized spacial score (nSPS) is 23.0. The number of piperazine rings is 1. The Kier molecular flexibility index (Phi) is 8.99. The summed E-state index contributed by atoms with van der Waals surface area (Å²) in [5.74, 6) is -2.48. The highest BCUT2D eigenvalue weighted by atomic mass is 16.6. The number of esters is 1. The van der Waals surface area contributed by atoms with E-state index in [0.717, 1.165) is 38.3 Å². The first-order chi connectivity index (χ1) is 16.2. The lowest BCUT2D eigenvalue weighted by atomic mass is 9.75. The summed E-state index contributed by atoms with van der Waals surface area (Å²) in [7, 11) is 0. The molecule has 0 radical (unpaired) electrons. The van der Waals surface area contributed by atoms with Gasteiger partial charge in [0, 0.05) is 57.8 Å². The summed E-state index contributed by atoms with van der Waals surface area (Å²) >= 11 is 0. The molecule has 1 aromatic rings. The lowest BCUT2D eigenvalue weighted by molar-refractivity contribution is -0.160. The summed E-state index contributed by atoms with van der Waals surface area (Å²) in [6.07, 6.45) is 1.52. The molecule has 2 unspecified atom stereocenters. The smallest absolute Gasteiger partial charge is 0.317 e. The Hall–Kier alpha value is -2.55. The number of Topliss-reactive ketones (excluding diaryl/α,β-unsaturated/α-hetero) is 1. The van der Waals surface area contributed by atoms with Gasteiger partial charge in [-0.2, -0.15) is 0 Å². The largest absolute Gasteiger partial charge is 0.511 e. The predicted octanol–water partition coefficient (Wildman–Crippen LogP) is 2.19. The quantitative estimate of drug-likeness (QED) is 0.443. The van der Waals surface area contributed by atoms with Gasteiger partial charge in [0.05, 0.1) is 18.7 Å². The number of ketones is 1. The van der Waals surface area contributed by atoms with Crippen LogP contribution in [0.5, 0.6) is 0 Å². The number of aliphatic hydroxyl groups is 2. The van der Waals surface area contributed by atoms with Crippen molar-refractivity contribution >= 4 is 18.0 Å². The van der Waals surface area contributed by atoms with Crippen LogP contribution in [0.1, 0.15) is 38.7 Å².